The molecule has 0 saturated carbocycles. The Morgan fingerprint density at radius 3 is 1.24 bits per heavy atom. The van der Waals surface area contributed by atoms with E-state index in [1.165, 1.54) is 49.7 Å². The Balaban J connectivity index is 1.07. The summed E-state index contributed by atoms with van der Waals surface area (Å²) in [5, 5.41) is 2.46. The van der Waals surface area contributed by atoms with Crippen LogP contribution in [0.15, 0.2) is 267 Å². The summed E-state index contributed by atoms with van der Waals surface area (Å²) >= 11 is 0. The minimum absolute atomic E-state index is 0.508. The van der Waals surface area contributed by atoms with Gasteiger partial charge in [-0.15, -0.1) is 0 Å². The van der Waals surface area contributed by atoms with Crippen LogP contribution in [0.25, 0.3) is 49.7 Å². The zero-order chi connectivity index (χ0) is 42.0. The van der Waals surface area contributed by atoms with Crippen molar-refractivity contribution in [3.63, 3.8) is 0 Å². The van der Waals surface area contributed by atoms with E-state index in [0.717, 1.165) is 39.4 Å². The van der Waals surface area contributed by atoms with Crippen LogP contribution in [0.3, 0.4) is 0 Å². The molecule has 11 aromatic rings. The second-order valence-electron chi connectivity index (χ2n) is 16.1. The van der Waals surface area contributed by atoms with E-state index in [4.69, 9.17) is 0 Å². The molecule has 0 aliphatic heterocycles. The Labute approximate surface area is 369 Å². The molecule has 0 bridgehead atoms. The molecule has 1 heterocycles. The summed E-state index contributed by atoms with van der Waals surface area (Å²) in [6, 6.07) is 96.9. The van der Waals surface area contributed by atoms with Crippen LogP contribution in [0.2, 0.25) is 0 Å². The summed E-state index contributed by atoms with van der Waals surface area (Å²) in [6.45, 7) is 0. The summed E-state index contributed by atoms with van der Waals surface area (Å²) in [5.74, 6) is 0. The van der Waals surface area contributed by atoms with E-state index in [1.54, 1.807) is 0 Å². The molecule has 0 amide bonds. The van der Waals surface area contributed by atoms with Crippen LogP contribution < -0.4 is 4.90 Å². The first-order valence-corrected chi connectivity index (χ1v) is 21.7. The molecule has 0 spiro atoms. The minimum atomic E-state index is -0.508. The molecule has 298 valence electrons. The van der Waals surface area contributed by atoms with E-state index in [0.29, 0.717) is 0 Å². The molecule has 63 heavy (non-hydrogen) atoms. The number of para-hydroxylation sites is 2. The number of aromatic nitrogens is 1. The van der Waals surface area contributed by atoms with Gasteiger partial charge in [0.05, 0.1) is 16.4 Å². The smallest absolute Gasteiger partial charge is 0.0701 e. The lowest BCUT2D eigenvalue weighted by molar-refractivity contribution is 0.745. The van der Waals surface area contributed by atoms with Gasteiger partial charge in [-0.1, -0.05) is 212 Å². The average molecular weight is 805 g/mol. The van der Waals surface area contributed by atoms with Crippen LogP contribution in [0, 0.1) is 0 Å². The third-order valence-electron chi connectivity index (χ3n) is 12.5. The second-order valence-corrected chi connectivity index (χ2v) is 16.1. The van der Waals surface area contributed by atoms with E-state index in [9.17, 15) is 0 Å². The topological polar surface area (TPSA) is 8.17 Å². The number of rotatable bonds is 10. The molecule has 0 fully saturated rings. The van der Waals surface area contributed by atoms with Crippen molar-refractivity contribution >= 4 is 38.9 Å². The SMILES string of the molecule is c1ccc(-c2cccc(N(c3cccc(-c4ccc(C(c5ccccc5)(c5ccccc5)c5ccccc5)cc4)c3)c3ccc4c5ccccc5n(-c5ccccc5)c4c3)c2)cc1. The van der Waals surface area contributed by atoms with E-state index >= 15 is 0 Å². The molecular weight excluding hydrogens is 761 g/mol. The van der Waals surface area contributed by atoms with Crippen molar-refractivity contribution in [2.75, 3.05) is 4.90 Å². The van der Waals surface area contributed by atoms with Crippen molar-refractivity contribution in [3.8, 4) is 27.9 Å². The van der Waals surface area contributed by atoms with E-state index in [-0.39, 0.29) is 0 Å². The zero-order valence-corrected chi connectivity index (χ0v) is 34.8. The average Bonchev–Trinajstić information content (AvgIpc) is 3.70. The molecule has 0 aliphatic carbocycles. The molecule has 10 aromatic carbocycles. The highest BCUT2D eigenvalue weighted by Crippen LogP contribution is 2.46. The molecule has 0 unspecified atom stereocenters. The predicted octanol–water partition coefficient (Wildman–Crippen LogP) is 16.0. The van der Waals surface area contributed by atoms with Gasteiger partial charge in [-0.05, 0) is 99.1 Å². The Morgan fingerprint density at radius 2 is 0.683 bits per heavy atom. The van der Waals surface area contributed by atoms with Gasteiger partial charge in [0.25, 0.3) is 0 Å². The van der Waals surface area contributed by atoms with Gasteiger partial charge in [0, 0.05) is 33.5 Å². The second kappa shape index (κ2) is 16.3. The fraction of sp³-hybridized carbons (Fsp3) is 0.0164. The summed E-state index contributed by atoms with van der Waals surface area (Å²) in [7, 11) is 0. The molecule has 0 N–H and O–H groups in total. The van der Waals surface area contributed by atoms with Crippen molar-refractivity contribution in [2.45, 2.75) is 5.41 Å². The minimum Gasteiger partial charge on any atom is -0.310 e. The van der Waals surface area contributed by atoms with Crippen LogP contribution >= 0.6 is 0 Å². The van der Waals surface area contributed by atoms with Crippen LogP contribution in [-0.4, -0.2) is 4.57 Å². The Hall–Kier alpha value is -8.20. The van der Waals surface area contributed by atoms with Crippen molar-refractivity contribution in [3.05, 3.63) is 289 Å². The van der Waals surface area contributed by atoms with Gasteiger partial charge >= 0.3 is 0 Å². The fourth-order valence-electron chi connectivity index (χ4n) is 9.66. The van der Waals surface area contributed by atoms with Crippen LogP contribution in [0.5, 0.6) is 0 Å². The molecule has 0 radical (unpaired) electrons. The number of hydrogen-bond acceptors (Lipinski definition) is 1. The van der Waals surface area contributed by atoms with Gasteiger partial charge in [0.1, 0.15) is 0 Å². The standard InChI is InChI=1S/C61H44N2/c1-6-20-45(21-7-1)47-22-18-32-54(42-47)62(56-40-41-58-57-34-16-17-35-59(57)63(60(58)44-56)53-30-14-5-15-31-53)55-33-19-23-48(43-55)46-36-38-52(39-37-46)61(49-24-8-2-9-25-49,50-26-10-3-11-27-50)51-28-12-4-13-29-51/h1-44H. The third kappa shape index (κ3) is 6.79. The maximum atomic E-state index is 2.40. The van der Waals surface area contributed by atoms with Gasteiger partial charge in [-0.25, -0.2) is 0 Å². The molecule has 0 atom stereocenters. The molecule has 0 saturated heterocycles. The Morgan fingerprint density at radius 1 is 0.270 bits per heavy atom. The molecule has 2 heteroatoms. The monoisotopic (exact) mass is 804 g/mol. The molecule has 0 aliphatic rings. The van der Waals surface area contributed by atoms with Crippen LogP contribution in [0.1, 0.15) is 22.3 Å². The number of benzene rings is 10. The number of hydrogen-bond donors (Lipinski definition) is 0. The maximum absolute atomic E-state index is 2.40. The largest absolute Gasteiger partial charge is 0.310 e. The van der Waals surface area contributed by atoms with Gasteiger partial charge in [0.2, 0.25) is 0 Å². The highest BCUT2D eigenvalue weighted by atomic mass is 15.1. The number of nitrogens with zero attached hydrogens (tertiary/aromatic N) is 2. The number of anilines is 3. The molecule has 1 aromatic heterocycles. The highest BCUT2D eigenvalue weighted by Gasteiger charge is 2.38. The van der Waals surface area contributed by atoms with Gasteiger partial charge in [-0.3, -0.25) is 0 Å². The first kappa shape index (κ1) is 37.8. The summed E-state index contributed by atoms with van der Waals surface area (Å²) < 4.78 is 2.39. The third-order valence-corrected chi connectivity index (χ3v) is 12.5. The first-order chi connectivity index (χ1) is 31.3. The predicted molar refractivity (Wildman–Crippen MR) is 265 cm³/mol. The molecule has 2 nitrogen and oxygen atoms in total. The van der Waals surface area contributed by atoms with Gasteiger partial charge < -0.3 is 9.47 Å². The highest BCUT2D eigenvalue weighted by molar-refractivity contribution is 6.10. The van der Waals surface area contributed by atoms with Crippen molar-refractivity contribution in [1.82, 2.24) is 4.57 Å². The van der Waals surface area contributed by atoms with Crippen molar-refractivity contribution in [1.29, 1.82) is 0 Å². The lowest BCUT2D eigenvalue weighted by Crippen LogP contribution is -2.30. The summed E-state index contributed by atoms with van der Waals surface area (Å²) in [5.41, 5.74) is 15.8. The quantitative estimate of drug-likeness (QED) is 0.125. The van der Waals surface area contributed by atoms with E-state index < -0.39 is 5.41 Å². The zero-order valence-electron chi connectivity index (χ0n) is 34.8. The lowest BCUT2D eigenvalue weighted by Gasteiger charge is -2.37. The number of fused-ring (bicyclic) bond motifs is 3. The normalized spacial score (nSPS) is 11.5. The van der Waals surface area contributed by atoms with Crippen LogP contribution in [0.4, 0.5) is 17.1 Å². The lowest BCUT2D eigenvalue weighted by atomic mass is 9.65. The Bertz CT molecular complexity index is 3210. The molecule has 11 rings (SSSR count). The Kier molecular flexibility index (Phi) is 9.80. The van der Waals surface area contributed by atoms with Crippen molar-refractivity contribution < 1.29 is 0 Å². The fourth-order valence-corrected chi connectivity index (χ4v) is 9.66. The van der Waals surface area contributed by atoms with Gasteiger partial charge in [-0.2, -0.15) is 0 Å². The van der Waals surface area contributed by atoms with E-state index in [2.05, 4.69) is 276 Å². The van der Waals surface area contributed by atoms with E-state index in [1.807, 2.05) is 0 Å². The summed E-state index contributed by atoms with van der Waals surface area (Å²) in [6.07, 6.45) is 0. The maximum Gasteiger partial charge on any atom is 0.0701 e. The van der Waals surface area contributed by atoms with Crippen LogP contribution in [-0.2, 0) is 5.41 Å². The van der Waals surface area contributed by atoms with Crippen molar-refractivity contribution in [2.24, 2.45) is 0 Å². The molecular formula is C61H44N2. The van der Waals surface area contributed by atoms with Gasteiger partial charge in [0.15, 0.2) is 0 Å². The first-order valence-electron chi connectivity index (χ1n) is 21.7. The summed E-state index contributed by atoms with van der Waals surface area (Å²) in [4.78, 5) is 2.40.